The van der Waals surface area contributed by atoms with E-state index in [9.17, 15) is 41.0 Å². The molecule has 3 heterocycles. The number of carboxylic acids is 1. The van der Waals surface area contributed by atoms with E-state index in [0.717, 1.165) is 37.9 Å². The Morgan fingerprint density at radius 3 is 2.23 bits per heavy atom. The van der Waals surface area contributed by atoms with Crippen molar-refractivity contribution in [2.75, 3.05) is 18.0 Å². The first-order valence-electron chi connectivity index (χ1n) is 15.2. The van der Waals surface area contributed by atoms with Crippen molar-refractivity contribution in [1.29, 1.82) is 0 Å². The number of nitrogens with zero attached hydrogens (tertiary/aromatic N) is 3. The predicted molar refractivity (Wildman–Crippen MR) is 157 cm³/mol. The summed E-state index contributed by atoms with van der Waals surface area (Å²) in [7, 11) is 0. The molecule has 250 valence electrons. The molecular weight excluding hydrogens is 632 g/mol. The Balaban J connectivity index is 1.37. The topological polar surface area (TPSA) is 92.2 Å². The fourth-order valence-corrected chi connectivity index (χ4v) is 5.70. The van der Waals surface area contributed by atoms with Crippen LogP contribution in [-0.4, -0.2) is 52.3 Å². The first-order valence-corrected chi connectivity index (χ1v) is 15.2. The van der Waals surface area contributed by atoms with E-state index in [4.69, 9.17) is 14.5 Å². The Hall–Kier alpha value is -4.49. The number of carbonyl (C=O) groups excluding carboxylic acids is 1. The first-order chi connectivity index (χ1) is 22.2. The standard InChI is InChI=1S/C33H31F6N3O5/c1-18-30(20-14-21(32(34,35)36)16-22(15-20)33(37,38)39)47-31(45)42(18)17-26-24(7-9-28(40-26)41-11-2-12-41)25-13-19(4-10-29(43)44)3-8-27(25)46-23-5-6-23/h3,7-9,13-16,18,23,30H,2,4-6,10-12,17H2,1H3,(H,43,44)/t18?,30-/m0/s1. The van der Waals surface area contributed by atoms with Crippen LogP contribution in [0.1, 0.15) is 66.7 Å². The number of hydrogen-bond acceptors (Lipinski definition) is 6. The van der Waals surface area contributed by atoms with Crippen molar-refractivity contribution >= 4 is 17.9 Å². The Kier molecular flexibility index (Phi) is 8.47. The van der Waals surface area contributed by atoms with Crippen molar-refractivity contribution in [3.8, 4) is 16.9 Å². The number of hydrogen-bond donors (Lipinski definition) is 1. The summed E-state index contributed by atoms with van der Waals surface area (Å²) in [6.45, 7) is 2.87. The number of alkyl halides is 6. The van der Waals surface area contributed by atoms with Gasteiger partial charge in [-0.1, -0.05) is 6.07 Å². The number of benzene rings is 2. The minimum atomic E-state index is -5.06. The maximum Gasteiger partial charge on any atom is 0.416 e. The monoisotopic (exact) mass is 663 g/mol. The number of carbonyl (C=O) groups is 2. The van der Waals surface area contributed by atoms with Gasteiger partial charge in [-0.15, -0.1) is 0 Å². The van der Waals surface area contributed by atoms with Gasteiger partial charge < -0.3 is 19.5 Å². The van der Waals surface area contributed by atoms with Gasteiger partial charge in [0, 0.05) is 30.6 Å². The van der Waals surface area contributed by atoms with Gasteiger partial charge in [-0.2, -0.15) is 26.3 Å². The molecule has 3 fully saturated rings. The number of rotatable bonds is 10. The molecule has 2 atom stereocenters. The van der Waals surface area contributed by atoms with Crippen molar-refractivity contribution in [2.45, 2.75) is 76.2 Å². The van der Waals surface area contributed by atoms with Gasteiger partial charge in [-0.25, -0.2) is 9.78 Å². The van der Waals surface area contributed by atoms with Gasteiger partial charge in [-0.3, -0.25) is 9.69 Å². The SMILES string of the molecule is CC1[C@@H](c2cc(C(F)(F)F)cc(C(F)(F)F)c2)OC(=O)N1Cc1nc(N2CCC2)ccc1-c1cc(CCC(=O)O)ccc1OC1CC1. The van der Waals surface area contributed by atoms with Gasteiger partial charge in [-0.05, 0) is 86.2 Å². The molecule has 2 aromatic carbocycles. The lowest BCUT2D eigenvalue weighted by Gasteiger charge is -2.33. The van der Waals surface area contributed by atoms with E-state index in [1.807, 2.05) is 23.1 Å². The molecule has 1 unspecified atom stereocenters. The number of halogens is 6. The van der Waals surface area contributed by atoms with Crippen LogP contribution >= 0.6 is 0 Å². The van der Waals surface area contributed by atoms with Crippen LogP contribution < -0.4 is 9.64 Å². The number of anilines is 1. The summed E-state index contributed by atoms with van der Waals surface area (Å²) in [5, 5.41) is 9.22. The number of aryl methyl sites for hydroxylation is 1. The fourth-order valence-electron chi connectivity index (χ4n) is 5.70. The van der Waals surface area contributed by atoms with Crippen LogP contribution in [0.3, 0.4) is 0 Å². The highest BCUT2D eigenvalue weighted by Crippen LogP contribution is 2.43. The zero-order valence-electron chi connectivity index (χ0n) is 25.2. The highest BCUT2D eigenvalue weighted by atomic mass is 19.4. The molecule has 2 saturated heterocycles. The van der Waals surface area contributed by atoms with E-state index in [2.05, 4.69) is 0 Å². The van der Waals surface area contributed by atoms with Crippen molar-refractivity contribution in [1.82, 2.24) is 9.88 Å². The lowest BCUT2D eigenvalue weighted by molar-refractivity contribution is -0.143. The Labute approximate surface area is 265 Å². The van der Waals surface area contributed by atoms with Gasteiger partial charge >= 0.3 is 24.4 Å². The normalized spacial score (nSPS) is 19.9. The third-order valence-electron chi connectivity index (χ3n) is 8.57. The molecule has 0 bridgehead atoms. The van der Waals surface area contributed by atoms with Crippen LogP contribution in [-0.2, 0) is 34.8 Å². The van der Waals surface area contributed by atoms with Crippen LogP contribution in [0.25, 0.3) is 11.1 Å². The summed E-state index contributed by atoms with van der Waals surface area (Å²) in [4.78, 5) is 32.6. The Bertz CT molecular complexity index is 1650. The summed E-state index contributed by atoms with van der Waals surface area (Å²) < 4.78 is 93.2. The second-order valence-electron chi connectivity index (χ2n) is 12.1. The second kappa shape index (κ2) is 12.3. The number of aliphatic carboxylic acids is 1. The number of amides is 1. The van der Waals surface area contributed by atoms with E-state index in [1.165, 1.54) is 11.8 Å². The lowest BCUT2D eigenvalue weighted by atomic mass is 9.96. The third-order valence-corrected chi connectivity index (χ3v) is 8.57. The molecule has 0 radical (unpaired) electrons. The fraction of sp³-hybridized carbons (Fsp3) is 0.424. The molecule has 1 aliphatic carbocycles. The largest absolute Gasteiger partial charge is 0.490 e. The minimum Gasteiger partial charge on any atom is -0.490 e. The molecule has 0 spiro atoms. The maximum absolute atomic E-state index is 13.6. The molecule has 8 nitrogen and oxygen atoms in total. The molecule has 14 heteroatoms. The Morgan fingerprint density at radius 1 is 0.979 bits per heavy atom. The van der Waals surface area contributed by atoms with E-state index in [1.54, 1.807) is 12.1 Å². The third kappa shape index (κ3) is 7.10. The van der Waals surface area contributed by atoms with Gasteiger partial charge in [0.2, 0.25) is 0 Å². The molecular formula is C33H31F6N3O5. The van der Waals surface area contributed by atoms with Crippen LogP contribution in [0.5, 0.6) is 5.75 Å². The smallest absolute Gasteiger partial charge is 0.416 e. The Morgan fingerprint density at radius 2 is 1.66 bits per heavy atom. The molecule has 47 heavy (non-hydrogen) atoms. The molecule has 2 aliphatic heterocycles. The summed E-state index contributed by atoms with van der Waals surface area (Å²) in [6, 6.07) is 9.27. The van der Waals surface area contributed by atoms with Crippen LogP contribution in [0.2, 0.25) is 0 Å². The number of pyridine rings is 1. The molecule has 3 aromatic rings. The van der Waals surface area contributed by atoms with Gasteiger partial charge in [0.15, 0.2) is 0 Å². The number of aromatic nitrogens is 1. The van der Waals surface area contributed by atoms with Crippen LogP contribution in [0.15, 0.2) is 48.5 Å². The van der Waals surface area contributed by atoms with E-state index >= 15 is 0 Å². The molecule has 1 aromatic heterocycles. The molecule has 1 N–H and O–H groups in total. The summed E-state index contributed by atoms with van der Waals surface area (Å²) >= 11 is 0. The molecule has 3 aliphatic rings. The number of carboxylic acid groups (broad SMARTS) is 1. The van der Waals surface area contributed by atoms with Gasteiger partial charge in [0.05, 0.1) is 35.5 Å². The van der Waals surface area contributed by atoms with Gasteiger partial charge in [0.1, 0.15) is 17.7 Å². The van der Waals surface area contributed by atoms with Gasteiger partial charge in [0.25, 0.3) is 0 Å². The molecule has 6 rings (SSSR count). The maximum atomic E-state index is 13.6. The highest BCUT2D eigenvalue weighted by Gasteiger charge is 2.44. The quantitative estimate of drug-likeness (QED) is 0.223. The first kappa shape index (κ1) is 32.5. The zero-order valence-corrected chi connectivity index (χ0v) is 25.2. The van der Waals surface area contributed by atoms with Crippen molar-refractivity contribution < 1.29 is 50.5 Å². The van der Waals surface area contributed by atoms with Crippen LogP contribution in [0, 0.1) is 0 Å². The molecule has 1 saturated carbocycles. The van der Waals surface area contributed by atoms with Crippen LogP contribution in [0.4, 0.5) is 37.0 Å². The second-order valence-corrected chi connectivity index (χ2v) is 12.1. The van der Waals surface area contributed by atoms with Crippen molar-refractivity contribution in [2.24, 2.45) is 0 Å². The van der Waals surface area contributed by atoms with E-state index in [0.29, 0.717) is 40.5 Å². The summed E-state index contributed by atoms with van der Waals surface area (Å²) in [6.07, 6.45) is -9.53. The number of ether oxygens (including phenoxy) is 2. The summed E-state index contributed by atoms with van der Waals surface area (Å²) in [5.41, 5.74) is -1.06. The average molecular weight is 664 g/mol. The lowest BCUT2D eigenvalue weighted by Crippen LogP contribution is -2.38. The average Bonchev–Trinajstić information content (AvgIpc) is 3.75. The predicted octanol–water partition coefficient (Wildman–Crippen LogP) is 7.64. The zero-order chi connectivity index (χ0) is 33.7. The van der Waals surface area contributed by atoms with E-state index in [-0.39, 0.29) is 31.6 Å². The summed E-state index contributed by atoms with van der Waals surface area (Å²) in [5.74, 6) is 0.237. The highest BCUT2D eigenvalue weighted by molar-refractivity contribution is 5.76. The van der Waals surface area contributed by atoms with Crippen molar-refractivity contribution in [3.63, 3.8) is 0 Å². The van der Waals surface area contributed by atoms with E-state index < -0.39 is 53.3 Å². The molecule has 1 amide bonds. The number of cyclic esters (lactones) is 1. The minimum absolute atomic E-state index is 0.0266. The van der Waals surface area contributed by atoms with Crippen molar-refractivity contribution in [3.05, 3.63) is 76.5 Å².